The molecule has 0 spiro atoms. The molecule has 10 heteroatoms. The van der Waals surface area contributed by atoms with Crippen LogP contribution in [0.4, 0.5) is 5.69 Å². The fourth-order valence-corrected chi connectivity index (χ4v) is 3.31. The standard InChI is InChI=1S/C18H19ClN6O2S/c1-3-24(9-16(26)20-15-8-14(19)5-4-12(15)2)17(27)10-25-22-18(21-23-25)13-6-7-28-11-13/h4-8,11H,3,9-10H2,1-2H3,(H,20,26). The maximum atomic E-state index is 12.5. The molecule has 0 aliphatic heterocycles. The van der Waals surface area contributed by atoms with Gasteiger partial charge in [-0.3, -0.25) is 9.59 Å². The van der Waals surface area contributed by atoms with Crippen LogP contribution in [0.2, 0.25) is 5.02 Å². The molecular formula is C18H19ClN6O2S. The average molecular weight is 419 g/mol. The van der Waals surface area contributed by atoms with Crippen molar-refractivity contribution in [3.05, 3.63) is 45.6 Å². The van der Waals surface area contributed by atoms with Crippen LogP contribution in [-0.4, -0.2) is 50.0 Å². The number of halogens is 1. The number of benzene rings is 1. The highest BCUT2D eigenvalue weighted by atomic mass is 35.5. The van der Waals surface area contributed by atoms with E-state index in [4.69, 9.17) is 11.6 Å². The third-order valence-electron chi connectivity index (χ3n) is 4.05. The van der Waals surface area contributed by atoms with Crippen LogP contribution in [0.15, 0.2) is 35.0 Å². The fourth-order valence-electron chi connectivity index (χ4n) is 2.51. The van der Waals surface area contributed by atoms with E-state index in [0.29, 0.717) is 23.1 Å². The van der Waals surface area contributed by atoms with Crippen LogP contribution < -0.4 is 5.32 Å². The van der Waals surface area contributed by atoms with Crippen molar-refractivity contribution in [1.82, 2.24) is 25.1 Å². The van der Waals surface area contributed by atoms with E-state index in [1.54, 1.807) is 19.1 Å². The molecule has 0 aliphatic rings. The van der Waals surface area contributed by atoms with E-state index in [9.17, 15) is 9.59 Å². The summed E-state index contributed by atoms with van der Waals surface area (Å²) in [6.45, 7) is 3.90. The summed E-state index contributed by atoms with van der Waals surface area (Å²) in [7, 11) is 0. The molecular weight excluding hydrogens is 400 g/mol. The Labute approximate surface area is 171 Å². The zero-order valence-electron chi connectivity index (χ0n) is 15.4. The van der Waals surface area contributed by atoms with Crippen molar-refractivity contribution in [2.45, 2.75) is 20.4 Å². The van der Waals surface area contributed by atoms with Gasteiger partial charge in [0.1, 0.15) is 6.54 Å². The molecule has 0 unspecified atom stereocenters. The lowest BCUT2D eigenvalue weighted by Crippen LogP contribution is -2.40. The largest absolute Gasteiger partial charge is 0.332 e. The number of likely N-dealkylation sites (N-methyl/N-ethyl adjacent to an activating group) is 1. The summed E-state index contributed by atoms with van der Waals surface area (Å²) in [6, 6.07) is 7.14. The number of hydrogen-bond acceptors (Lipinski definition) is 6. The number of nitrogens with zero attached hydrogens (tertiary/aromatic N) is 5. The molecule has 0 bridgehead atoms. The molecule has 8 nitrogen and oxygen atoms in total. The predicted octanol–water partition coefficient (Wildman–Crippen LogP) is 2.85. The van der Waals surface area contributed by atoms with Gasteiger partial charge in [0, 0.05) is 28.2 Å². The average Bonchev–Trinajstić information content (AvgIpc) is 3.34. The summed E-state index contributed by atoms with van der Waals surface area (Å²) in [5.41, 5.74) is 2.37. The summed E-state index contributed by atoms with van der Waals surface area (Å²) in [5.74, 6) is -0.105. The van der Waals surface area contributed by atoms with E-state index >= 15 is 0 Å². The van der Waals surface area contributed by atoms with Gasteiger partial charge in [-0.05, 0) is 48.2 Å². The molecule has 28 heavy (non-hydrogen) atoms. The Kier molecular flexibility index (Phi) is 6.37. The van der Waals surface area contributed by atoms with Crippen LogP contribution in [-0.2, 0) is 16.1 Å². The number of tetrazole rings is 1. The van der Waals surface area contributed by atoms with Gasteiger partial charge in [-0.2, -0.15) is 16.1 Å². The monoisotopic (exact) mass is 418 g/mol. The Hall–Kier alpha value is -2.78. The first kappa shape index (κ1) is 20.0. The van der Waals surface area contributed by atoms with Crippen LogP contribution >= 0.6 is 22.9 Å². The first-order valence-electron chi connectivity index (χ1n) is 8.60. The molecule has 0 saturated heterocycles. The van der Waals surface area contributed by atoms with Gasteiger partial charge in [-0.1, -0.05) is 17.7 Å². The highest BCUT2D eigenvalue weighted by molar-refractivity contribution is 7.08. The zero-order valence-corrected chi connectivity index (χ0v) is 17.0. The number of aromatic nitrogens is 4. The first-order chi connectivity index (χ1) is 13.5. The van der Waals surface area contributed by atoms with Crippen molar-refractivity contribution >= 4 is 40.4 Å². The quantitative estimate of drug-likeness (QED) is 0.636. The predicted molar refractivity (Wildman–Crippen MR) is 108 cm³/mol. The third-order valence-corrected chi connectivity index (χ3v) is 4.97. The molecule has 1 aromatic carbocycles. The highest BCUT2D eigenvalue weighted by Crippen LogP contribution is 2.20. The van der Waals surface area contributed by atoms with Crippen LogP contribution in [0, 0.1) is 6.92 Å². The van der Waals surface area contributed by atoms with Crippen LogP contribution in [0.1, 0.15) is 12.5 Å². The third kappa shape index (κ3) is 4.93. The minimum atomic E-state index is -0.300. The summed E-state index contributed by atoms with van der Waals surface area (Å²) < 4.78 is 0. The zero-order chi connectivity index (χ0) is 20.1. The lowest BCUT2D eigenvalue weighted by atomic mass is 10.2. The first-order valence-corrected chi connectivity index (χ1v) is 9.92. The number of hydrogen-bond donors (Lipinski definition) is 1. The molecule has 2 amide bonds. The minimum Gasteiger partial charge on any atom is -0.332 e. The Balaban J connectivity index is 1.60. The summed E-state index contributed by atoms with van der Waals surface area (Å²) in [5, 5.41) is 19.2. The highest BCUT2D eigenvalue weighted by Gasteiger charge is 2.18. The number of carbonyl (C=O) groups is 2. The molecule has 3 rings (SSSR count). The molecule has 0 atom stereocenters. The molecule has 2 aromatic heterocycles. The van der Waals surface area contributed by atoms with Crippen LogP contribution in [0.3, 0.4) is 0 Å². The van der Waals surface area contributed by atoms with Gasteiger partial charge in [-0.15, -0.1) is 10.2 Å². The summed E-state index contributed by atoms with van der Waals surface area (Å²) >= 11 is 7.51. The van der Waals surface area contributed by atoms with Gasteiger partial charge in [-0.25, -0.2) is 0 Å². The van der Waals surface area contributed by atoms with Gasteiger partial charge in [0.05, 0.1) is 6.54 Å². The molecule has 2 heterocycles. The van der Waals surface area contributed by atoms with E-state index in [1.165, 1.54) is 21.0 Å². The molecule has 0 saturated carbocycles. The Bertz CT molecular complexity index is 972. The lowest BCUT2D eigenvalue weighted by molar-refractivity contribution is -0.135. The second kappa shape index (κ2) is 8.94. The van der Waals surface area contributed by atoms with Crippen molar-refractivity contribution in [2.75, 3.05) is 18.4 Å². The van der Waals surface area contributed by atoms with Crippen LogP contribution in [0.5, 0.6) is 0 Å². The number of nitrogens with one attached hydrogen (secondary N) is 1. The second-order valence-electron chi connectivity index (χ2n) is 6.07. The summed E-state index contributed by atoms with van der Waals surface area (Å²) in [4.78, 5) is 27.6. The Morgan fingerprint density at radius 3 is 2.86 bits per heavy atom. The smallest absolute Gasteiger partial charge is 0.246 e. The SMILES string of the molecule is CCN(CC(=O)Nc1cc(Cl)ccc1C)C(=O)Cn1nnc(-c2ccsc2)n1. The van der Waals surface area contributed by atoms with Crippen molar-refractivity contribution in [3.8, 4) is 11.4 Å². The number of rotatable bonds is 7. The van der Waals surface area contributed by atoms with E-state index < -0.39 is 0 Å². The molecule has 1 N–H and O–H groups in total. The molecule has 0 fully saturated rings. The van der Waals surface area contributed by atoms with Crippen LogP contribution in [0.25, 0.3) is 11.4 Å². The second-order valence-corrected chi connectivity index (χ2v) is 7.29. The van der Waals surface area contributed by atoms with Crippen molar-refractivity contribution in [1.29, 1.82) is 0 Å². The van der Waals surface area contributed by atoms with E-state index in [1.807, 2.05) is 29.8 Å². The number of anilines is 1. The molecule has 0 radical (unpaired) electrons. The van der Waals surface area contributed by atoms with E-state index in [2.05, 4.69) is 20.7 Å². The minimum absolute atomic E-state index is 0.0760. The van der Waals surface area contributed by atoms with E-state index in [0.717, 1.165) is 11.1 Å². The molecule has 146 valence electrons. The van der Waals surface area contributed by atoms with Gasteiger partial charge in [0.15, 0.2) is 0 Å². The maximum absolute atomic E-state index is 12.5. The lowest BCUT2D eigenvalue weighted by Gasteiger charge is -2.20. The van der Waals surface area contributed by atoms with Crippen molar-refractivity contribution < 1.29 is 9.59 Å². The topological polar surface area (TPSA) is 93.0 Å². The van der Waals surface area contributed by atoms with Crippen molar-refractivity contribution in [3.63, 3.8) is 0 Å². The summed E-state index contributed by atoms with van der Waals surface area (Å²) in [6.07, 6.45) is 0. The van der Waals surface area contributed by atoms with E-state index in [-0.39, 0.29) is 24.9 Å². The van der Waals surface area contributed by atoms with Crippen molar-refractivity contribution in [2.24, 2.45) is 0 Å². The Morgan fingerprint density at radius 1 is 1.32 bits per heavy atom. The van der Waals surface area contributed by atoms with Gasteiger partial charge < -0.3 is 10.2 Å². The van der Waals surface area contributed by atoms with Gasteiger partial charge in [0.2, 0.25) is 17.6 Å². The fraction of sp³-hybridized carbons (Fsp3) is 0.278. The number of thiophene rings is 1. The molecule has 3 aromatic rings. The van der Waals surface area contributed by atoms with Gasteiger partial charge in [0.25, 0.3) is 0 Å². The Morgan fingerprint density at radius 2 is 2.14 bits per heavy atom. The number of carbonyl (C=O) groups excluding carboxylic acids is 2. The maximum Gasteiger partial charge on any atom is 0.246 e. The number of amides is 2. The van der Waals surface area contributed by atoms with Gasteiger partial charge >= 0.3 is 0 Å². The molecule has 0 aliphatic carbocycles. The number of aryl methyl sites for hydroxylation is 1. The normalized spacial score (nSPS) is 10.7.